The van der Waals surface area contributed by atoms with Gasteiger partial charge in [0.2, 0.25) is 0 Å². The van der Waals surface area contributed by atoms with E-state index in [1.165, 1.54) is 29.6 Å². The van der Waals surface area contributed by atoms with Crippen molar-refractivity contribution in [3.8, 4) is 5.75 Å². The molecular weight excluding hydrogens is 373 g/mol. The summed E-state index contributed by atoms with van der Waals surface area (Å²) in [6.07, 6.45) is -0.411. The molecule has 0 saturated heterocycles. The largest absolute Gasteiger partial charge is 0.497 e. The first-order chi connectivity index (χ1) is 11.3. The molecule has 1 aliphatic heterocycles. The maximum atomic E-state index is 13.0. The molecule has 2 aromatic carbocycles. The predicted octanol–water partition coefficient (Wildman–Crippen LogP) is 3.63. The zero-order chi connectivity index (χ0) is 17.5. The van der Waals surface area contributed by atoms with Crippen molar-refractivity contribution in [3.05, 3.63) is 52.0 Å². The van der Waals surface area contributed by atoms with E-state index in [0.717, 1.165) is 0 Å². The summed E-state index contributed by atoms with van der Waals surface area (Å²) in [5.41, 5.74) is 0.949. The Hall–Kier alpha value is -1.47. The maximum absolute atomic E-state index is 13.0. The lowest BCUT2D eigenvalue weighted by atomic mass is 10.0. The number of hydrogen-bond donors (Lipinski definition) is 1. The van der Waals surface area contributed by atoms with Crippen LogP contribution in [0.25, 0.3) is 0 Å². The fourth-order valence-electron chi connectivity index (χ4n) is 2.68. The Balaban J connectivity index is 2.12. The third-order valence-corrected chi connectivity index (χ3v) is 6.50. The van der Waals surface area contributed by atoms with Crippen LogP contribution in [-0.4, -0.2) is 27.2 Å². The molecule has 0 saturated carbocycles. The Kier molecular flexibility index (Phi) is 4.66. The van der Waals surface area contributed by atoms with E-state index in [2.05, 4.69) is 0 Å². The lowest BCUT2D eigenvalue weighted by Crippen LogP contribution is -2.36. The zero-order valence-electron chi connectivity index (χ0n) is 12.7. The molecule has 3 rings (SSSR count). The molecule has 0 spiro atoms. The molecule has 128 valence electrons. The predicted molar refractivity (Wildman–Crippen MR) is 93.6 cm³/mol. The lowest BCUT2D eigenvalue weighted by Gasteiger charge is -2.33. The SMILES string of the molecule is COc1ccc2c(c1)N(S(=O)(=O)c1ccc(Cl)c(Cl)c1)CCC2O. The van der Waals surface area contributed by atoms with Gasteiger partial charge in [0.15, 0.2) is 0 Å². The van der Waals surface area contributed by atoms with Crippen LogP contribution in [0.3, 0.4) is 0 Å². The monoisotopic (exact) mass is 387 g/mol. The van der Waals surface area contributed by atoms with Gasteiger partial charge in [-0.1, -0.05) is 29.3 Å². The molecule has 5 nitrogen and oxygen atoms in total. The van der Waals surface area contributed by atoms with Crippen LogP contribution in [0.4, 0.5) is 5.69 Å². The number of sulfonamides is 1. The first-order valence-corrected chi connectivity index (χ1v) is 9.38. The molecule has 2 aromatic rings. The average molecular weight is 388 g/mol. The van der Waals surface area contributed by atoms with Gasteiger partial charge in [-0.25, -0.2) is 8.42 Å². The molecule has 0 radical (unpaired) electrons. The average Bonchev–Trinajstić information content (AvgIpc) is 2.56. The summed E-state index contributed by atoms with van der Waals surface area (Å²) in [4.78, 5) is 0.0436. The third-order valence-electron chi connectivity index (χ3n) is 3.95. The molecule has 1 N–H and O–H groups in total. The second-order valence-electron chi connectivity index (χ2n) is 5.38. The minimum atomic E-state index is -3.84. The van der Waals surface area contributed by atoms with Gasteiger partial charge in [-0.15, -0.1) is 0 Å². The highest BCUT2D eigenvalue weighted by Gasteiger charge is 2.33. The van der Waals surface area contributed by atoms with Crippen molar-refractivity contribution in [2.45, 2.75) is 17.4 Å². The van der Waals surface area contributed by atoms with E-state index < -0.39 is 16.1 Å². The summed E-state index contributed by atoms with van der Waals surface area (Å²) in [7, 11) is -2.34. The van der Waals surface area contributed by atoms with Gasteiger partial charge in [0.05, 0.1) is 33.8 Å². The highest BCUT2D eigenvalue weighted by atomic mass is 35.5. The molecule has 0 amide bonds. The summed E-state index contributed by atoms with van der Waals surface area (Å²) in [6.45, 7) is 0.157. The van der Waals surface area contributed by atoms with E-state index in [4.69, 9.17) is 27.9 Å². The normalized spacial score (nSPS) is 17.5. The van der Waals surface area contributed by atoms with Gasteiger partial charge in [-0.2, -0.15) is 0 Å². The number of methoxy groups -OCH3 is 1. The van der Waals surface area contributed by atoms with Crippen molar-refractivity contribution in [2.24, 2.45) is 0 Å². The number of nitrogens with zero attached hydrogens (tertiary/aromatic N) is 1. The second-order valence-corrected chi connectivity index (χ2v) is 8.06. The molecule has 1 atom stereocenters. The van der Waals surface area contributed by atoms with Gasteiger partial charge in [-0.3, -0.25) is 4.31 Å². The van der Waals surface area contributed by atoms with Crippen molar-refractivity contribution >= 4 is 38.9 Å². The Morgan fingerprint density at radius 3 is 2.58 bits per heavy atom. The Morgan fingerprint density at radius 1 is 1.17 bits per heavy atom. The number of anilines is 1. The van der Waals surface area contributed by atoms with Crippen molar-refractivity contribution in [2.75, 3.05) is 18.0 Å². The van der Waals surface area contributed by atoms with Crippen LogP contribution >= 0.6 is 23.2 Å². The quantitative estimate of drug-likeness (QED) is 0.872. The van der Waals surface area contributed by atoms with Crippen LogP contribution in [-0.2, 0) is 10.0 Å². The van der Waals surface area contributed by atoms with Crippen molar-refractivity contribution in [3.63, 3.8) is 0 Å². The number of aliphatic hydroxyl groups is 1. The number of rotatable bonds is 3. The number of benzene rings is 2. The standard InChI is InChI=1S/C16H15Cl2NO4S/c1-23-10-2-4-12-15(8-10)19(7-6-16(12)20)24(21,22)11-3-5-13(17)14(18)9-11/h2-5,8-9,16,20H,6-7H2,1H3. The fraction of sp³-hybridized carbons (Fsp3) is 0.250. The molecule has 0 aliphatic carbocycles. The second kappa shape index (κ2) is 6.44. The van der Waals surface area contributed by atoms with E-state index in [1.807, 2.05) is 0 Å². The van der Waals surface area contributed by atoms with Crippen molar-refractivity contribution < 1.29 is 18.3 Å². The minimum absolute atomic E-state index is 0.0436. The Labute approximate surface area is 150 Å². The first kappa shape index (κ1) is 17.4. The van der Waals surface area contributed by atoms with Crippen LogP contribution in [0.15, 0.2) is 41.3 Å². The number of fused-ring (bicyclic) bond motifs is 1. The van der Waals surface area contributed by atoms with E-state index in [0.29, 0.717) is 23.4 Å². The first-order valence-electron chi connectivity index (χ1n) is 7.18. The van der Waals surface area contributed by atoms with Gasteiger partial charge < -0.3 is 9.84 Å². The fourth-order valence-corrected chi connectivity index (χ4v) is 4.56. The molecular formula is C16H15Cl2NO4S. The molecule has 8 heteroatoms. The molecule has 0 fully saturated rings. The summed E-state index contributed by atoms with van der Waals surface area (Å²) in [5, 5.41) is 10.6. The topological polar surface area (TPSA) is 66.8 Å². The highest BCUT2D eigenvalue weighted by molar-refractivity contribution is 7.92. The molecule has 0 aromatic heterocycles. The summed E-state index contributed by atoms with van der Waals surface area (Å²) >= 11 is 11.8. The Bertz CT molecular complexity index is 886. The zero-order valence-corrected chi connectivity index (χ0v) is 15.1. The molecule has 1 aliphatic rings. The smallest absolute Gasteiger partial charge is 0.264 e. The van der Waals surface area contributed by atoms with Crippen LogP contribution in [0.5, 0.6) is 5.75 Å². The number of aliphatic hydroxyl groups excluding tert-OH is 1. The number of halogens is 2. The van der Waals surface area contributed by atoms with Gasteiger partial charge in [0.25, 0.3) is 10.0 Å². The van der Waals surface area contributed by atoms with Gasteiger partial charge in [0.1, 0.15) is 5.75 Å². The van der Waals surface area contributed by atoms with Crippen molar-refractivity contribution in [1.29, 1.82) is 0 Å². The molecule has 1 heterocycles. The van der Waals surface area contributed by atoms with Crippen molar-refractivity contribution in [1.82, 2.24) is 0 Å². The third kappa shape index (κ3) is 2.95. The number of hydrogen-bond acceptors (Lipinski definition) is 4. The van der Waals surface area contributed by atoms with Gasteiger partial charge >= 0.3 is 0 Å². The van der Waals surface area contributed by atoms with Crippen LogP contribution in [0, 0.1) is 0 Å². The van der Waals surface area contributed by atoms with Crippen LogP contribution < -0.4 is 9.04 Å². The van der Waals surface area contributed by atoms with E-state index in [1.54, 1.807) is 18.2 Å². The van der Waals surface area contributed by atoms with Crippen LogP contribution in [0.2, 0.25) is 10.0 Å². The summed E-state index contributed by atoms with van der Waals surface area (Å²) in [6, 6.07) is 9.15. The van der Waals surface area contributed by atoms with Gasteiger partial charge in [0, 0.05) is 18.2 Å². The van der Waals surface area contributed by atoms with Crippen LogP contribution in [0.1, 0.15) is 18.1 Å². The molecule has 24 heavy (non-hydrogen) atoms. The number of ether oxygens (including phenoxy) is 1. The Morgan fingerprint density at radius 2 is 1.92 bits per heavy atom. The molecule has 1 unspecified atom stereocenters. The minimum Gasteiger partial charge on any atom is -0.497 e. The summed E-state index contributed by atoms with van der Waals surface area (Å²) < 4.78 is 32.5. The summed E-state index contributed by atoms with van der Waals surface area (Å²) in [5.74, 6) is 0.511. The van der Waals surface area contributed by atoms with Gasteiger partial charge in [-0.05, 0) is 30.7 Å². The highest BCUT2D eigenvalue weighted by Crippen LogP contribution is 2.39. The van der Waals surface area contributed by atoms with E-state index in [9.17, 15) is 13.5 Å². The van der Waals surface area contributed by atoms with E-state index >= 15 is 0 Å². The molecule has 0 bridgehead atoms. The maximum Gasteiger partial charge on any atom is 0.264 e. The lowest BCUT2D eigenvalue weighted by molar-refractivity contribution is 0.166. The van der Waals surface area contributed by atoms with E-state index in [-0.39, 0.29) is 21.5 Å².